The molecule has 0 unspecified atom stereocenters. The highest BCUT2D eigenvalue weighted by molar-refractivity contribution is 5.97. The van der Waals surface area contributed by atoms with E-state index in [1.165, 1.54) is 39.9 Å². The van der Waals surface area contributed by atoms with Gasteiger partial charge in [-0.2, -0.15) is 0 Å². The van der Waals surface area contributed by atoms with Crippen molar-refractivity contribution in [3.05, 3.63) is 17.7 Å². The van der Waals surface area contributed by atoms with E-state index in [9.17, 15) is 14.4 Å². The lowest BCUT2D eigenvalue weighted by Gasteiger charge is -2.33. The van der Waals surface area contributed by atoms with Crippen LogP contribution < -0.4 is 19.5 Å². The molecule has 1 aromatic carbocycles. The molecule has 9 nitrogen and oxygen atoms in total. The van der Waals surface area contributed by atoms with E-state index in [-0.39, 0.29) is 30.7 Å². The fraction of sp³-hybridized carbons (Fsp3) is 0.591. The molecule has 0 aromatic heterocycles. The van der Waals surface area contributed by atoms with Gasteiger partial charge in [0.1, 0.15) is 6.54 Å². The van der Waals surface area contributed by atoms with Crippen LogP contribution in [-0.2, 0) is 14.3 Å². The van der Waals surface area contributed by atoms with Gasteiger partial charge in [0, 0.05) is 18.2 Å². The summed E-state index contributed by atoms with van der Waals surface area (Å²) in [4.78, 5) is 38.7. The van der Waals surface area contributed by atoms with Gasteiger partial charge in [-0.3, -0.25) is 14.4 Å². The van der Waals surface area contributed by atoms with Gasteiger partial charge < -0.3 is 29.2 Å². The SMILES string of the molecule is CCN(C(=O)COC(=O)CNC(=O)c1cc(OC)c(OC)c(OC)c1)C1CCCCC1. The highest BCUT2D eigenvalue weighted by Crippen LogP contribution is 2.38. The number of methoxy groups -OCH3 is 3. The molecule has 1 aliphatic carbocycles. The quantitative estimate of drug-likeness (QED) is 0.561. The van der Waals surface area contributed by atoms with Crippen LogP contribution in [0.2, 0.25) is 0 Å². The third kappa shape index (κ3) is 6.50. The van der Waals surface area contributed by atoms with E-state index in [0.717, 1.165) is 25.7 Å². The summed E-state index contributed by atoms with van der Waals surface area (Å²) >= 11 is 0. The minimum Gasteiger partial charge on any atom is -0.493 e. The average Bonchev–Trinajstić information content (AvgIpc) is 2.81. The van der Waals surface area contributed by atoms with Crippen LogP contribution in [0.1, 0.15) is 49.4 Å². The first-order chi connectivity index (χ1) is 14.9. The smallest absolute Gasteiger partial charge is 0.325 e. The van der Waals surface area contributed by atoms with Crippen LogP contribution in [0.5, 0.6) is 17.2 Å². The molecule has 1 saturated carbocycles. The van der Waals surface area contributed by atoms with Gasteiger partial charge in [0.2, 0.25) is 5.75 Å². The van der Waals surface area contributed by atoms with Crippen LogP contribution in [0.3, 0.4) is 0 Å². The number of ether oxygens (including phenoxy) is 4. The number of hydrogen-bond donors (Lipinski definition) is 1. The van der Waals surface area contributed by atoms with E-state index in [1.54, 1.807) is 4.90 Å². The van der Waals surface area contributed by atoms with Crippen LogP contribution in [0, 0.1) is 0 Å². The summed E-state index contributed by atoms with van der Waals surface area (Å²) in [6.07, 6.45) is 5.39. The Hall–Kier alpha value is -2.97. The summed E-state index contributed by atoms with van der Waals surface area (Å²) in [6, 6.07) is 3.17. The van der Waals surface area contributed by atoms with Crippen molar-refractivity contribution in [2.45, 2.75) is 45.1 Å². The van der Waals surface area contributed by atoms with Crippen molar-refractivity contribution in [1.29, 1.82) is 0 Å². The molecule has 0 aliphatic heterocycles. The molecule has 9 heteroatoms. The molecular formula is C22H32N2O7. The molecule has 0 spiro atoms. The molecule has 1 fully saturated rings. The molecule has 2 rings (SSSR count). The van der Waals surface area contributed by atoms with E-state index in [1.807, 2.05) is 6.92 Å². The average molecular weight is 437 g/mol. The number of benzene rings is 1. The maximum absolute atomic E-state index is 12.5. The first-order valence-corrected chi connectivity index (χ1v) is 10.5. The Balaban J connectivity index is 1.88. The summed E-state index contributed by atoms with van der Waals surface area (Å²) < 4.78 is 20.8. The van der Waals surface area contributed by atoms with Gasteiger partial charge >= 0.3 is 5.97 Å². The molecule has 0 saturated heterocycles. The van der Waals surface area contributed by atoms with Gasteiger partial charge in [-0.1, -0.05) is 19.3 Å². The number of nitrogens with zero attached hydrogens (tertiary/aromatic N) is 1. The van der Waals surface area contributed by atoms with Crippen LogP contribution >= 0.6 is 0 Å². The molecule has 31 heavy (non-hydrogen) atoms. The van der Waals surface area contributed by atoms with E-state index in [0.29, 0.717) is 23.8 Å². The highest BCUT2D eigenvalue weighted by atomic mass is 16.5. The third-order valence-electron chi connectivity index (χ3n) is 5.35. The van der Waals surface area contributed by atoms with Crippen molar-refractivity contribution in [1.82, 2.24) is 10.2 Å². The lowest BCUT2D eigenvalue weighted by Crippen LogP contribution is -2.43. The Kier molecular flexibility index (Phi) is 9.42. The number of carbonyl (C=O) groups excluding carboxylic acids is 3. The van der Waals surface area contributed by atoms with Crippen molar-refractivity contribution < 1.29 is 33.3 Å². The first-order valence-electron chi connectivity index (χ1n) is 10.5. The van der Waals surface area contributed by atoms with Crippen LogP contribution in [-0.4, -0.2) is 69.8 Å². The topological polar surface area (TPSA) is 103 Å². The molecule has 0 heterocycles. The van der Waals surface area contributed by atoms with E-state index >= 15 is 0 Å². The molecule has 1 aromatic rings. The van der Waals surface area contributed by atoms with E-state index in [4.69, 9.17) is 18.9 Å². The summed E-state index contributed by atoms with van der Waals surface area (Å²) in [5, 5.41) is 2.48. The fourth-order valence-corrected chi connectivity index (χ4v) is 3.77. The van der Waals surface area contributed by atoms with Crippen molar-refractivity contribution in [3.63, 3.8) is 0 Å². The predicted molar refractivity (Wildman–Crippen MR) is 114 cm³/mol. The zero-order valence-electron chi connectivity index (χ0n) is 18.7. The molecule has 0 radical (unpaired) electrons. The lowest BCUT2D eigenvalue weighted by molar-refractivity contribution is -0.152. The predicted octanol–water partition coefficient (Wildman–Crippen LogP) is 2.17. The molecule has 0 bridgehead atoms. The Morgan fingerprint density at radius 3 is 2.13 bits per heavy atom. The summed E-state index contributed by atoms with van der Waals surface area (Å²) in [5.41, 5.74) is 0.229. The number of esters is 1. The Morgan fingerprint density at radius 2 is 1.61 bits per heavy atom. The second kappa shape index (κ2) is 12.0. The standard InChI is InChI=1S/C22H32N2O7/c1-5-24(16-9-7-6-8-10-16)19(25)14-31-20(26)13-23-22(27)15-11-17(28-2)21(30-4)18(12-15)29-3/h11-12,16H,5-10,13-14H2,1-4H3,(H,23,27). The molecule has 172 valence electrons. The number of hydrogen-bond acceptors (Lipinski definition) is 7. The van der Waals surface area contributed by atoms with E-state index in [2.05, 4.69) is 5.32 Å². The summed E-state index contributed by atoms with van der Waals surface area (Å²) in [7, 11) is 4.35. The van der Waals surface area contributed by atoms with Crippen molar-refractivity contribution in [2.75, 3.05) is 41.0 Å². The lowest BCUT2D eigenvalue weighted by atomic mass is 9.94. The zero-order valence-corrected chi connectivity index (χ0v) is 18.7. The van der Waals surface area contributed by atoms with Gasteiger partial charge in [-0.05, 0) is 31.9 Å². The number of carbonyl (C=O) groups is 3. The minimum absolute atomic E-state index is 0.210. The zero-order chi connectivity index (χ0) is 22.8. The third-order valence-corrected chi connectivity index (χ3v) is 5.35. The number of amides is 2. The summed E-state index contributed by atoms with van der Waals surface area (Å²) in [5.74, 6) is -0.407. The molecule has 1 aliphatic rings. The van der Waals surface area contributed by atoms with Gasteiger partial charge in [-0.15, -0.1) is 0 Å². The monoisotopic (exact) mass is 436 g/mol. The van der Waals surface area contributed by atoms with E-state index < -0.39 is 11.9 Å². The fourth-order valence-electron chi connectivity index (χ4n) is 3.77. The maximum atomic E-state index is 12.5. The van der Waals surface area contributed by atoms with Gasteiger partial charge in [-0.25, -0.2) is 0 Å². The highest BCUT2D eigenvalue weighted by Gasteiger charge is 2.25. The van der Waals surface area contributed by atoms with Gasteiger partial charge in [0.05, 0.1) is 21.3 Å². The number of rotatable bonds is 10. The van der Waals surface area contributed by atoms with Crippen molar-refractivity contribution in [2.24, 2.45) is 0 Å². The summed E-state index contributed by atoms with van der Waals surface area (Å²) in [6.45, 7) is 1.81. The maximum Gasteiger partial charge on any atom is 0.325 e. The van der Waals surface area contributed by atoms with Crippen molar-refractivity contribution in [3.8, 4) is 17.2 Å². The molecular weight excluding hydrogens is 404 g/mol. The van der Waals surface area contributed by atoms with Crippen LogP contribution in [0.15, 0.2) is 12.1 Å². The van der Waals surface area contributed by atoms with Crippen LogP contribution in [0.4, 0.5) is 0 Å². The molecule has 1 N–H and O–H groups in total. The Labute approximate surface area is 183 Å². The number of likely N-dealkylation sites (N-methyl/N-ethyl adjacent to an activating group) is 1. The van der Waals surface area contributed by atoms with Crippen LogP contribution in [0.25, 0.3) is 0 Å². The largest absolute Gasteiger partial charge is 0.493 e. The molecule has 0 atom stereocenters. The first kappa shape index (κ1) is 24.3. The normalized spacial score (nSPS) is 13.8. The molecule has 2 amide bonds. The Morgan fingerprint density at radius 1 is 1.00 bits per heavy atom. The second-order valence-electron chi connectivity index (χ2n) is 7.23. The second-order valence-corrected chi connectivity index (χ2v) is 7.23. The van der Waals surface area contributed by atoms with Gasteiger partial charge in [0.25, 0.3) is 11.8 Å². The number of nitrogens with one attached hydrogen (secondary N) is 1. The van der Waals surface area contributed by atoms with Crippen molar-refractivity contribution >= 4 is 17.8 Å². The Bertz CT molecular complexity index is 750. The minimum atomic E-state index is -0.686. The van der Waals surface area contributed by atoms with Gasteiger partial charge in [0.15, 0.2) is 18.1 Å².